The van der Waals surface area contributed by atoms with Gasteiger partial charge in [-0.15, -0.1) is 0 Å². The number of nitrogens with zero attached hydrogens (tertiary/aromatic N) is 3. The van der Waals surface area contributed by atoms with Crippen LogP contribution in [-0.4, -0.2) is 14.3 Å². The Balaban J connectivity index is 1.98. The second-order valence-electron chi connectivity index (χ2n) is 5.59. The largest absolute Gasteiger partial charge is 0.351 e. The monoisotopic (exact) mass is 361 g/mol. The maximum Gasteiger partial charge on any atom is 0.351 e. The van der Waals surface area contributed by atoms with Gasteiger partial charge in [-0.25, -0.2) is 4.79 Å². The normalized spacial score (nSPS) is 11.0. The summed E-state index contributed by atoms with van der Waals surface area (Å²) in [7, 11) is 0. The van der Waals surface area contributed by atoms with Crippen molar-refractivity contribution in [1.29, 1.82) is 0 Å². The van der Waals surface area contributed by atoms with E-state index in [0.717, 1.165) is 12.0 Å². The minimum Gasteiger partial charge on any atom is -0.274 e. The van der Waals surface area contributed by atoms with Crippen LogP contribution in [0.5, 0.6) is 0 Å². The summed E-state index contributed by atoms with van der Waals surface area (Å²) < 4.78 is 2.94. The van der Waals surface area contributed by atoms with E-state index in [1.807, 2.05) is 19.1 Å². The number of rotatable bonds is 4. The molecule has 24 heavy (non-hydrogen) atoms. The molecule has 3 rings (SSSR count). The van der Waals surface area contributed by atoms with Gasteiger partial charge in [0, 0.05) is 5.02 Å². The summed E-state index contributed by atoms with van der Waals surface area (Å²) >= 11 is 12.1. The highest BCUT2D eigenvalue weighted by atomic mass is 35.5. The van der Waals surface area contributed by atoms with Gasteiger partial charge in [0.2, 0.25) is 0 Å². The zero-order valence-electron chi connectivity index (χ0n) is 13.5. The van der Waals surface area contributed by atoms with Crippen LogP contribution in [0.4, 0.5) is 0 Å². The average molecular weight is 362 g/mol. The van der Waals surface area contributed by atoms with E-state index in [2.05, 4.69) is 24.2 Å². The van der Waals surface area contributed by atoms with Crippen molar-refractivity contribution < 1.29 is 0 Å². The fraction of sp³-hybridized carbons (Fsp3) is 0.222. The van der Waals surface area contributed by atoms with Crippen LogP contribution in [-0.2, 0) is 13.0 Å². The third-order valence-corrected chi connectivity index (χ3v) is 4.50. The van der Waals surface area contributed by atoms with Gasteiger partial charge in [0.1, 0.15) is 5.82 Å². The fourth-order valence-electron chi connectivity index (χ4n) is 2.55. The number of aryl methyl sites for hydroxylation is 2. The van der Waals surface area contributed by atoms with Crippen molar-refractivity contribution in [2.24, 2.45) is 0 Å². The lowest BCUT2D eigenvalue weighted by molar-refractivity contribution is 0.723. The molecule has 1 aromatic heterocycles. The summed E-state index contributed by atoms with van der Waals surface area (Å²) in [4.78, 5) is 12.7. The van der Waals surface area contributed by atoms with Gasteiger partial charge in [0.25, 0.3) is 0 Å². The first-order chi connectivity index (χ1) is 11.5. The summed E-state index contributed by atoms with van der Waals surface area (Å²) in [6, 6.07) is 13.2. The number of hydrogen-bond donors (Lipinski definition) is 0. The predicted octanol–water partition coefficient (Wildman–Crippen LogP) is 4.26. The maximum absolute atomic E-state index is 12.7. The van der Waals surface area contributed by atoms with E-state index in [1.165, 1.54) is 10.2 Å². The number of benzene rings is 2. The molecule has 124 valence electrons. The van der Waals surface area contributed by atoms with E-state index in [4.69, 9.17) is 23.2 Å². The molecule has 0 aliphatic rings. The topological polar surface area (TPSA) is 39.8 Å². The summed E-state index contributed by atoms with van der Waals surface area (Å²) in [5.41, 5.74) is 2.62. The maximum atomic E-state index is 12.7. The average Bonchev–Trinajstić information content (AvgIpc) is 2.84. The molecule has 1 heterocycles. The zero-order valence-corrected chi connectivity index (χ0v) is 15.0. The van der Waals surface area contributed by atoms with Crippen molar-refractivity contribution in [2.75, 3.05) is 0 Å². The lowest BCUT2D eigenvalue weighted by atomic mass is 10.1. The van der Waals surface area contributed by atoms with Crippen molar-refractivity contribution in [3.8, 4) is 5.69 Å². The molecule has 0 atom stereocenters. The van der Waals surface area contributed by atoms with Crippen molar-refractivity contribution in [3.05, 3.63) is 79.9 Å². The molecule has 2 aromatic carbocycles. The summed E-state index contributed by atoms with van der Waals surface area (Å²) in [5.74, 6) is 0.630. The van der Waals surface area contributed by atoms with Crippen LogP contribution >= 0.6 is 23.2 Å². The van der Waals surface area contributed by atoms with Crippen molar-refractivity contribution in [2.45, 2.75) is 26.8 Å². The van der Waals surface area contributed by atoms with Crippen LogP contribution in [0.25, 0.3) is 5.69 Å². The van der Waals surface area contributed by atoms with Gasteiger partial charge in [-0.05, 0) is 42.7 Å². The molecule has 0 fully saturated rings. The Morgan fingerprint density at radius 2 is 1.71 bits per heavy atom. The van der Waals surface area contributed by atoms with Crippen LogP contribution in [0.3, 0.4) is 0 Å². The Hall–Kier alpha value is -2.04. The van der Waals surface area contributed by atoms with Crippen LogP contribution < -0.4 is 5.69 Å². The van der Waals surface area contributed by atoms with E-state index in [-0.39, 0.29) is 5.69 Å². The fourth-order valence-corrected chi connectivity index (χ4v) is 3.04. The van der Waals surface area contributed by atoms with Gasteiger partial charge >= 0.3 is 5.69 Å². The number of hydrogen-bond acceptors (Lipinski definition) is 2. The smallest absolute Gasteiger partial charge is 0.274 e. The minimum atomic E-state index is -0.226. The quantitative estimate of drug-likeness (QED) is 0.696. The lowest BCUT2D eigenvalue weighted by Crippen LogP contribution is -2.24. The Bertz CT molecular complexity index is 926. The third kappa shape index (κ3) is 3.25. The third-order valence-electron chi connectivity index (χ3n) is 3.96. The molecule has 0 aliphatic carbocycles. The van der Waals surface area contributed by atoms with Crippen LogP contribution in [0, 0.1) is 6.92 Å². The Labute approximate surface area is 150 Å². The first-order valence-electron chi connectivity index (χ1n) is 7.69. The molecule has 0 spiro atoms. The second kappa shape index (κ2) is 6.83. The molecule has 0 aliphatic heterocycles. The van der Waals surface area contributed by atoms with E-state index in [0.29, 0.717) is 28.1 Å². The van der Waals surface area contributed by atoms with Crippen LogP contribution in [0.2, 0.25) is 10.0 Å². The number of aromatic nitrogens is 3. The first kappa shape index (κ1) is 16.8. The van der Waals surface area contributed by atoms with Crippen molar-refractivity contribution in [1.82, 2.24) is 14.3 Å². The van der Waals surface area contributed by atoms with Gasteiger partial charge in [-0.3, -0.25) is 4.57 Å². The predicted molar refractivity (Wildman–Crippen MR) is 97.5 cm³/mol. The Morgan fingerprint density at radius 1 is 1.04 bits per heavy atom. The van der Waals surface area contributed by atoms with Gasteiger partial charge in [-0.1, -0.05) is 54.4 Å². The number of halogens is 2. The highest BCUT2D eigenvalue weighted by Crippen LogP contribution is 2.23. The van der Waals surface area contributed by atoms with Crippen LogP contribution in [0.15, 0.2) is 47.3 Å². The van der Waals surface area contributed by atoms with Gasteiger partial charge in [0.05, 0.1) is 17.3 Å². The molecule has 3 aromatic rings. The molecule has 6 heteroatoms. The van der Waals surface area contributed by atoms with E-state index >= 15 is 0 Å². The molecule has 0 saturated heterocycles. The standard InChI is InChI=1S/C18H17Cl2N3O/c1-3-13-4-6-14(7-5-13)11-22-12(2)21-23(18(22)24)17-9-8-15(19)10-16(17)20/h4-10H,3,11H2,1-2H3. The summed E-state index contributed by atoms with van der Waals surface area (Å²) in [6.07, 6.45) is 0.992. The lowest BCUT2D eigenvalue weighted by Gasteiger charge is -2.05. The van der Waals surface area contributed by atoms with E-state index < -0.39 is 0 Å². The molecule has 4 nitrogen and oxygen atoms in total. The van der Waals surface area contributed by atoms with Crippen molar-refractivity contribution in [3.63, 3.8) is 0 Å². The van der Waals surface area contributed by atoms with Gasteiger partial charge in [-0.2, -0.15) is 9.78 Å². The summed E-state index contributed by atoms with van der Waals surface area (Å²) in [6.45, 7) is 4.39. The van der Waals surface area contributed by atoms with Crippen LogP contribution in [0.1, 0.15) is 23.9 Å². The molecular formula is C18H17Cl2N3O. The van der Waals surface area contributed by atoms with E-state index in [1.54, 1.807) is 22.8 Å². The molecular weight excluding hydrogens is 345 g/mol. The van der Waals surface area contributed by atoms with Crippen molar-refractivity contribution >= 4 is 23.2 Å². The molecule has 0 unspecified atom stereocenters. The highest BCUT2D eigenvalue weighted by Gasteiger charge is 2.14. The Morgan fingerprint density at radius 3 is 2.33 bits per heavy atom. The zero-order chi connectivity index (χ0) is 17.3. The molecule has 0 bridgehead atoms. The SMILES string of the molecule is CCc1ccc(Cn2c(C)nn(-c3ccc(Cl)cc3Cl)c2=O)cc1. The second-order valence-corrected chi connectivity index (χ2v) is 6.44. The first-order valence-corrected chi connectivity index (χ1v) is 8.45. The Kier molecular flexibility index (Phi) is 4.78. The van der Waals surface area contributed by atoms with Gasteiger partial charge in [0.15, 0.2) is 0 Å². The molecule has 0 N–H and O–H groups in total. The highest BCUT2D eigenvalue weighted by molar-refractivity contribution is 6.35. The summed E-state index contributed by atoms with van der Waals surface area (Å²) in [5, 5.41) is 5.25. The molecule has 0 saturated carbocycles. The molecule has 0 amide bonds. The minimum absolute atomic E-state index is 0.226. The van der Waals surface area contributed by atoms with E-state index in [9.17, 15) is 4.79 Å². The molecule has 0 radical (unpaired) electrons. The van der Waals surface area contributed by atoms with Gasteiger partial charge < -0.3 is 0 Å².